The van der Waals surface area contributed by atoms with Crippen LogP contribution in [0.3, 0.4) is 0 Å². The minimum absolute atomic E-state index is 0.609. The molecule has 0 N–H and O–H groups in total. The normalized spacial score (nSPS) is 11.7. The predicted molar refractivity (Wildman–Crippen MR) is 217 cm³/mol. The number of aromatic nitrogens is 2. The lowest BCUT2D eigenvalue weighted by Gasteiger charge is -2.17. The summed E-state index contributed by atoms with van der Waals surface area (Å²) in [6, 6.07) is 57.8. The van der Waals surface area contributed by atoms with E-state index in [9.17, 15) is 0 Å². The molecule has 7 aromatic rings. The molecule has 6 aromatic carbocycles. The first-order valence-corrected chi connectivity index (χ1v) is 17.5. The van der Waals surface area contributed by atoms with Gasteiger partial charge in [-0.3, -0.25) is 0 Å². The van der Waals surface area contributed by atoms with Crippen molar-refractivity contribution >= 4 is 39.8 Å². The first kappa shape index (κ1) is 32.7. The van der Waals surface area contributed by atoms with Crippen LogP contribution in [0.25, 0.3) is 50.5 Å². The molecule has 0 bridgehead atoms. The van der Waals surface area contributed by atoms with Gasteiger partial charge < -0.3 is 0 Å². The van der Waals surface area contributed by atoms with Gasteiger partial charge in [-0.2, -0.15) is 0 Å². The summed E-state index contributed by atoms with van der Waals surface area (Å²) in [5.74, 6) is 0.609. The van der Waals surface area contributed by atoms with Crippen LogP contribution in [-0.4, -0.2) is 21.5 Å². The van der Waals surface area contributed by atoms with E-state index < -0.39 is 0 Å². The second-order valence-electron chi connectivity index (χ2n) is 11.7. The quantitative estimate of drug-likeness (QED) is 0.0671. The Labute approximate surface area is 306 Å². The fourth-order valence-electron chi connectivity index (χ4n) is 6.02. The van der Waals surface area contributed by atoms with Crippen LogP contribution in [0.4, 0.5) is 0 Å². The van der Waals surface area contributed by atoms with Crippen molar-refractivity contribution in [2.24, 2.45) is 9.98 Å². The van der Waals surface area contributed by atoms with E-state index in [4.69, 9.17) is 20.0 Å². The number of rotatable bonds is 8. The van der Waals surface area contributed by atoms with Gasteiger partial charge in [0.25, 0.3) is 0 Å². The molecule has 1 aromatic heterocycles. The standard InChI is InChI=1S/C45H33IN4/c1-31(33-18-6-3-7-19-33)47-44(35-22-10-5-11-23-35)48-32(2)36-24-12-13-25-37(36)38-26-14-15-27-39(38)40-28-16-17-29-41(40)43-30-42(49-45(46)50-43)34-20-8-4-9-21-34/h3-30H,1H2,2H3. The van der Waals surface area contributed by atoms with Crippen molar-refractivity contribution in [3.63, 3.8) is 0 Å². The minimum atomic E-state index is 0.609. The highest BCUT2D eigenvalue weighted by molar-refractivity contribution is 14.1. The Morgan fingerprint density at radius 1 is 0.500 bits per heavy atom. The van der Waals surface area contributed by atoms with Crippen molar-refractivity contribution in [2.75, 3.05) is 0 Å². The predicted octanol–water partition coefficient (Wildman–Crippen LogP) is 11.7. The van der Waals surface area contributed by atoms with E-state index in [-0.39, 0.29) is 0 Å². The van der Waals surface area contributed by atoms with E-state index in [1.165, 1.54) is 0 Å². The molecule has 0 atom stereocenters. The number of hydrogen-bond donors (Lipinski definition) is 0. The molecule has 4 nitrogen and oxygen atoms in total. The third-order valence-corrected chi connectivity index (χ3v) is 8.93. The average Bonchev–Trinajstić information content (AvgIpc) is 3.18. The zero-order valence-corrected chi connectivity index (χ0v) is 29.7. The summed E-state index contributed by atoms with van der Waals surface area (Å²) < 4.78 is 0.699. The van der Waals surface area contributed by atoms with Gasteiger partial charge in [-0.25, -0.2) is 20.0 Å². The van der Waals surface area contributed by atoms with Crippen LogP contribution in [0.5, 0.6) is 0 Å². The number of aliphatic imine (C=N–C) groups is 2. The van der Waals surface area contributed by atoms with Crippen molar-refractivity contribution in [3.05, 3.63) is 197 Å². The molecule has 0 saturated carbocycles. The van der Waals surface area contributed by atoms with Crippen LogP contribution in [0.2, 0.25) is 0 Å². The van der Waals surface area contributed by atoms with Gasteiger partial charge in [0.05, 0.1) is 17.1 Å². The van der Waals surface area contributed by atoms with E-state index in [1.54, 1.807) is 0 Å². The monoisotopic (exact) mass is 756 g/mol. The third-order valence-electron chi connectivity index (χ3n) is 8.45. The summed E-state index contributed by atoms with van der Waals surface area (Å²) in [5.41, 5.74) is 12.7. The van der Waals surface area contributed by atoms with Crippen LogP contribution >= 0.6 is 22.6 Å². The number of nitrogens with zero attached hydrogens (tertiary/aromatic N) is 4. The van der Waals surface area contributed by atoms with Crippen molar-refractivity contribution in [3.8, 4) is 44.8 Å². The molecule has 0 spiro atoms. The van der Waals surface area contributed by atoms with Crippen molar-refractivity contribution < 1.29 is 0 Å². The molecule has 240 valence electrons. The molecule has 0 fully saturated rings. The molecule has 7 rings (SSSR count). The Balaban J connectivity index is 1.33. The van der Waals surface area contributed by atoms with E-state index in [2.05, 4.69) is 120 Å². The molecule has 0 aliphatic rings. The van der Waals surface area contributed by atoms with Crippen molar-refractivity contribution in [1.82, 2.24) is 9.97 Å². The number of amidine groups is 1. The van der Waals surface area contributed by atoms with Crippen LogP contribution in [-0.2, 0) is 0 Å². The topological polar surface area (TPSA) is 50.5 Å². The average molecular weight is 757 g/mol. The molecule has 0 amide bonds. The Hall–Kier alpha value is -5.79. The van der Waals surface area contributed by atoms with E-state index in [0.717, 1.165) is 67.2 Å². The Bertz CT molecular complexity index is 2350. The molecule has 0 aliphatic heterocycles. The third kappa shape index (κ3) is 7.28. The molecule has 1 heterocycles. The van der Waals surface area contributed by atoms with Crippen LogP contribution in [0, 0.1) is 3.83 Å². The van der Waals surface area contributed by atoms with Gasteiger partial charge >= 0.3 is 0 Å². The van der Waals surface area contributed by atoms with Gasteiger partial charge in [-0.1, -0.05) is 170 Å². The molecule has 0 radical (unpaired) electrons. The van der Waals surface area contributed by atoms with Gasteiger partial charge in [-0.05, 0) is 40.8 Å². The van der Waals surface area contributed by atoms with Gasteiger partial charge in [0.2, 0.25) is 0 Å². The lowest BCUT2D eigenvalue weighted by Crippen LogP contribution is -2.06. The van der Waals surface area contributed by atoms with Gasteiger partial charge in [0.1, 0.15) is 0 Å². The zero-order valence-electron chi connectivity index (χ0n) is 27.5. The van der Waals surface area contributed by atoms with Gasteiger partial charge in [0.15, 0.2) is 9.67 Å². The highest BCUT2D eigenvalue weighted by Gasteiger charge is 2.17. The summed E-state index contributed by atoms with van der Waals surface area (Å²) in [6.45, 7) is 6.32. The zero-order chi connectivity index (χ0) is 34.3. The fourth-order valence-corrected chi connectivity index (χ4v) is 6.54. The molecule has 50 heavy (non-hydrogen) atoms. The van der Waals surface area contributed by atoms with Gasteiger partial charge in [0, 0.05) is 50.6 Å². The highest BCUT2D eigenvalue weighted by Crippen LogP contribution is 2.39. The lowest BCUT2D eigenvalue weighted by molar-refractivity contribution is 1.12. The largest absolute Gasteiger partial charge is 0.233 e. The summed E-state index contributed by atoms with van der Waals surface area (Å²) in [5, 5.41) is 0. The van der Waals surface area contributed by atoms with Crippen LogP contribution < -0.4 is 0 Å². The molecule has 0 aliphatic carbocycles. The number of halogens is 1. The summed E-state index contributed by atoms with van der Waals surface area (Å²) >= 11 is 2.21. The summed E-state index contributed by atoms with van der Waals surface area (Å²) in [4.78, 5) is 19.8. The van der Waals surface area contributed by atoms with Crippen molar-refractivity contribution in [2.45, 2.75) is 6.92 Å². The second kappa shape index (κ2) is 15.2. The van der Waals surface area contributed by atoms with E-state index >= 15 is 0 Å². The molecular weight excluding hydrogens is 723 g/mol. The van der Waals surface area contributed by atoms with Crippen LogP contribution in [0.15, 0.2) is 186 Å². The highest BCUT2D eigenvalue weighted by atomic mass is 127. The van der Waals surface area contributed by atoms with Crippen LogP contribution in [0.1, 0.15) is 23.6 Å². The van der Waals surface area contributed by atoms with E-state index in [1.807, 2.05) is 85.8 Å². The smallest absolute Gasteiger partial charge is 0.191 e. The van der Waals surface area contributed by atoms with E-state index in [0.29, 0.717) is 15.4 Å². The maximum Gasteiger partial charge on any atom is 0.191 e. The first-order valence-electron chi connectivity index (χ1n) is 16.4. The lowest BCUT2D eigenvalue weighted by atomic mass is 9.88. The molecule has 5 heteroatoms. The Kier molecular flexibility index (Phi) is 9.94. The SMILES string of the molecule is C=C(N=C(N=C(C)c1ccccc1-c1ccccc1-c1ccccc1-c1cc(-c2ccccc2)nc(I)n1)c1ccccc1)c1ccccc1. The molecular formula is C45H33IN4. The summed E-state index contributed by atoms with van der Waals surface area (Å²) in [6.07, 6.45) is 0. The Morgan fingerprint density at radius 2 is 0.960 bits per heavy atom. The second-order valence-corrected chi connectivity index (χ2v) is 12.7. The molecule has 0 saturated heterocycles. The number of hydrogen-bond acceptors (Lipinski definition) is 3. The molecule has 0 unspecified atom stereocenters. The first-order chi connectivity index (χ1) is 24.5. The van der Waals surface area contributed by atoms with Crippen molar-refractivity contribution in [1.29, 1.82) is 0 Å². The maximum atomic E-state index is 5.17. The fraction of sp³-hybridized carbons (Fsp3) is 0.0222. The summed E-state index contributed by atoms with van der Waals surface area (Å²) in [7, 11) is 0. The minimum Gasteiger partial charge on any atom is -0.233 e. The maximum absolute atomic E-state index is 5.17. The Morgan fingerprint density at radius 3 is 1.60 bits per heavy atom. The number of benzene rings is 6. The van der Waals surface area contributed by atoms with Gasteiger partial charge in [-0.15, -0.1) is 0 Å².